The largest absolute Gasteiger partial charge is 0.455 e. The first kappa shape index (κ1) is 23.7. The van der Waals surface area contributed by atoms with Crippen molar-refractivity contribution >= 4 is 76.1 Å². The summed E-state index contributed by atoms with van der Waals surface area (Å²) < 4.78 is 6.79. The lowest BCUT2D eigenvalue weighted by atomic mass is 9.84. The highest BCUT2D eigenvalue weighted by Crippen LogP contribution is 2.50. The molecule has 0 bridgehead atoms. The second kappa shape index (κ2) is 8.82. The van der Waals surface area contributed by atoms with Gasteiger partial charge in [-0.25, -0.2) is 0 Å². The maximum absolute atomic E-state index is 6.79. The van der Waals surface area contributed by atoms with Gasteiger partial charge in [0.2, 0.25) is 0 Å². The molecule has 10 aromatic rings. The highest BCUT2D eigenvalue weighted by atomic mass is 16.3. The van der Waals surface area contributed by atoms with Crippen LogP contribution >= 0.6 is 0 Å². The number of para-hydroxylation sites is 2. The highest BCUT2D eigenvalue weighted by Gasteiger charge is 2.24. The van der Waals surface area contributed by atoms with Crippen LogP contribution in [0, 0.1) is 0 Å². The molecule has 2 heteroatoms. The van der Waals surface area contributed by atoms with Crippen LogP contribution < -0.4 is 0 Å². The molecule has 0 aliphatic rings. The average molecular weight is 560 g/mol. The number of H-pyrrole nitrogens is 1. The molecule has 0 fully saturated rings. The summed E-state index contributed by atoms with van der Waals surface area (Å²) in [5, 5.41) is 12.1. The minimum Gasteiger partial charge on any atom is -0.455 e. The van der Waals surface area contributed by atoms with Crippen LogP contribution in [-0.2, 0) is 0 Å². The molecule has 0 atom stereocenters. The Morgan fingerprint density at radius 3 is 1.70 bits per heavy atom. The highest BCUT2D eigenvalue weighted by molar-refractivity contribution is 6.30. The number of benzene rings is 8. The lowest BCUT2D eigenvalue weighted by Gasteiger charge is -2.19. The van der Waals surface area contributed by atoms with Crippen molar-refractivity contribution < 1.29 is 4.42 Å². The summed E-state index contributed by atoms with van der Waals surface area (Å²) in [5.74, 6) is 0. The standard InChI is InChI=1S/C42H25NO/c1-2-14-26-25(12-1)13-11-21-29(26)38-30-17-3-5-19-32(30)39(33-20-6-4-18-31(33)38)40-41-34(27-15-7-9-22-36(27)43-41)24-35-28-16-8-10-23-37(28)44-42(35)40/h1-24,43H. The first-order chi connectivity index (χ1) is 21.8. The topological polar surface area (TPSA) is 28.9 Å². The zero-order chi connectivity index (χ0) is 28.8. The molecule has 0 radical (unpaired) electrons. The van der Waals surface area contributed by atoms with Gasteiger partial charge >= 0.3 is 0 Å². The normalized spacial score (nSPS) is 12.1. The van der Waals surface area contributed by atoms with Crippen LogP contribution in [0.15, 0.2) is 150 Å². The zero-order valence-corrected chi connectivity index (χ0v) is 23.8. The fourth-order valence-electron chi connectivity index (χ4n) is 7.53. The molecule has 204 valence electrons. The van der Waals surface area contributed by atoms with Crippen molar-refractivity contribution in [2.45, 2.75) is 0 Å². The Kier molecular flexibility index (Phi) is 4.75. The van der Waals surface area contributed by atoms with Gasteiger partial charge in [-0.2, -0.15) is 0 Å². The summed E-state index contributed by atoms with van der Waals surface area (Å²) in [6.07, 6.45) is 0. The van der Waals surface area contributed by atoms with Crippen molar-refractivity contribution in [3.05, 3.63) is 146 Å². The average Bonchev–Trinajstić information content (AvgIpc) is 3.64. The maximum Gasteiger partial charge on any atom is 0.145 e. The van der Waals surface area contributed by atoms with E-state index in [1.54, 1.807) is 0 Å². The van der Waals surface area contributed by atoms with Crippen LogP contribution in [0.1, 0.15) is 0 Å². The number of aromatic nitrogens is 1. The molecule has 0 saturated carbocycles. The van der Waals surface area contributed by atoms with E-state index in [4.69, 9.17) is 4.42 Å². The number of hydrogen-bond donors (Lipinski definition) is 1. The molecule has 2 nitrogen and oxygen atoms in total. The Balaban J connectivity index is 1.46. The summed E-state index contributed by atoms with van der Waals surface area (Å²) >= 11 is 0. The second-order valence-electron chi connectivity index (χ2n) is 11.7. The van der Waals surface area contributed by atoms with Gasteiger partial charge in [0.1, 0.15) is 11.2 Å². The van der Waals surface area contributed by atoms with Crippen molar-refractivity contribution in [1.82, 2.24) is 4.98 Å². The summed E-state index contributed by atoms with van der Waals surface area (Å²) in [5.41, 5.74) is 8.87. The van der Waals surface area contributed by atoms with E-state index in [1.807, 2.05) is 0 Å². The van der Waals surface area contributed by atoms with E-state index >= 15 is 0 Å². The lowest BCUT2D eigenvalue weighted by molar-refractivity contribution is 0.670. The van der Waals surface area contributed by atoms with E-state index in [9.17, 15) is 0 Å². The number of furan rings is 1. The van der Waals surface area contributed by atoms with Gasteiger partial charge in [0.25, 0.3) is 0 Å². The van der Waals surface area contributed by atoms with Crippen molar-refractivity contribution in [1.29, 1.82) is 0 Å². The van der Waals surface area contributed by atoms with Gasteiger partial charge in [0.15, 0.2) is 0 Å². The molecule has 44 heavy (non-hydrogen) atoms. The minimum absolute atomic E-state index is 0.904. The number of fused-ring (bicyclic) bond motifs is 9. The van der Waals surface area contributed by atoms with Crippen LogP contribution in [0.5, 0.6) is 0 Å². The SMILES string of the molecule is c1ccc2c(-c3c4ccccc4c(-c4c5[nH]c6ccccc6c5cc5c4oc4ccccc45)c4ccccc34)cccc2c1. The molecule has 0 aliphatic carbocycles. The Morgan fingerprint density at radius 2 is 0.955 bits per heavy atom. The van der Waals surface area contributed by atoms with Crippen molar-refractivity contribution in [3.63, 3.8) is 0 Å². The fourth-order valence-corrected chi connectivity index (χ4v) is 7.53. The Hall–Kier alpha value is -5.86. The van der Waals surface area contributed by atoms with Gasteiger partial charge in [-0.3, -0.25) is 0 Å². The van der Waals surface area contributed by atoms with E-state index in [-0.39, 0.29) is 0 Å². The minimum atomic E-state index is 0.904. The van der Waals surface area contributed by atoms with Crippen LogP contribution in [0.25, 0.3) is 98.3 Å². The first-order valence-electron chi connectivity index (χ1n) is 15.1. The predicted molar refractivity (Wildman–Crippen MR) is 186 cm³/mol. The van der Waals surface area contributed by atoms with E-state index in [0.29, 0.717) is 0 Å². The smallest absolute Gasteiger partial charge is 0.145 e. The third-order valence-corrected chi connectivity index (χ3v) is 9.39. The molecule has 0 unspecified atom stereocenters. The van der Waals surface area contributed by atoms with Gasteiger partial charge in [-0.1, -0.05) is 127 Å². The van der Waals surface area contributed by atoms with E-state index in [0.717, 1.165) is 38.5 Å². The monoisotopic (exact) mass is 559 g/mol. The van der Waals surface area contributed by atoms with Gasteiger partial charge in [0, 0.05) is 32.6 Å². The number of nitrogens with one attached hydrogen (secondary N) is 1. The van der Waals surface area contributed by atoms with Crippen molar-refractivity contribution in [2.24, 2.45) is 0 Å². The summed E-state index contributed by atoms with van der Waals surface area (Å²) in [4.78, 5) is 3.82. The molecule has 0 spiro atoms. The van der Waals surface area contributed by atoms with Crippen LogP contribution in [0.4, 0.5) is 0 Å². The predicted octanol–water partition coefficient (Wildman–Crippen LogP) is 12.0. The van der Waals surface area contributed by atoms with Crippen molar-refractivity contribution in [3.8, 4) is 22.3 Å². The Bertz CT molecular complexity index is 2630. The molecule has 0 amide bonds. The van der Waals surface area contributed by atoms with Gasteiger partial charge in [-0.15, -0.1) is 0 Å². The van der Waals surface area contributed by atoms with Crippen molar-refractivity contribution in [2.75, 3.05) is 0 Å². The number of rotatable bonds is 2. The molecule has 8 aromatic carbocycles. The van der Waals surface area contributed by atoms with Gasteiger partial charge in [-0.05, 0) is 61.6 Å². The number of aromatic amines is 1. The fraction of sp³-hybridized carbons (Fsp3) is 0. The summed E-state index contributed by atoms with van der Waals surface area (Å²) in [6.45, 7) is 0. The molecule has 0 aliphatic heterocycles. The molecular formula is C42H25NO. The molecule has 1 N–H and O–H groups in total. The van der Waals surface area contributed by atoms with Gasteiger partial charge < -0.3 is 9.40 Å². The maximum atomic E-state index is 6.79. The Morgan fingerprint density at radius 1 is 0.386 bits per heavy atom. The van der Waals surface area contributed by atoms with E-state index in [1.165, 1.54) is 59.8 Å². The van der Waals surface area contributed by atoms with Crippen LogP contribution in [-0.4, -0.2) is 4.98 Å². The summed E-state index contributed by atoms with van der Waals surface area (Å²) in [6, 6.07) is 52.4. The molecule has 0 saturated heterocycles. The molecular weight excluding hydrogens is 534 g/mol. The molecule has 2 aromatic heterocycles. The third kappa shape index (κ3) is 3.14. The molecule has 2 heterocycles. The molecule has 10 rings (SSSR count). The first-order valence-corrected chi connectivity index (χ1v) is 15.1. The lowest BCUT2D eigenvalue weighted by Crippen LogP contribution is -1.92. The van der Waals surface area contributed by atoms with Gasteiger partial charge in [0.05, 0.1) is 11.1 Å². The van der Waals surface area contributed by atoms with Crippen LogP contribution in [0.2, 0.25) is 0 Å². The Labute approximate surface area is 252 Å². The second-order valence-corrected chi connectivity index (χ2v) is 11.7. The quantitative estimate of drug-likeness (QED) is 0.210. The summed E-state index contributed by atoms with van der Waals surface area (Å²) in [7, 11) is 0. The van der Waals surface area contributed by atoms with Crippen LogP contribution in [0.3, 0.4) is 0 Å². The van der Waals surface area contributed by atoms with E-state index < -0.39 is 0 Å². The number of hydrogen-bond acceptors (Lipinski definition) is 1. The van der Waals surface area contributed by atoms with E-state index in [2.05, 4.69) is 151 Å². The third-order valence-electron chi connectivity index (χ3n) is 9.39. The zero-order valence-electron chi connectivity index (χ0n) is 23.8.